The van der Waals surface area contributed by atoms with Gasteiger partial charge in [0.1, 0.15) is 5.75 Å². The van der Waals surface area contributed by atoms with Crippen molar-refractivity contribution >= 4 is 27.7 Å². The summed E-state index contributed by atoms with van der Waals surface area (Å²) in [5, 5.41) is 0. The molecule has 2 aromatic rings. The summed E-state index contributed by atoms with van der Waals surface area (Å²) in [5.74, 6) is 1.81. The fourth-order valence-electron chi connectivity index (χ4n) is 1.99. The normalized spacial score (nSPS) is 12.1. The maximum Gasteiger partial charge on any atom is 0.133 e. The van der Waals surface area contributed by atoms with E-state index in [0.29, 0.717) is 6.61 Å². The minimum atomic E-state index is 0.172. The summed E-state index contributed by atoms with van der Waals surface area (Å²) in [6.45, 7) is 2.70. The van der Waals surface area contributed by atoms with Crippen molar-refractivity contribution in [3.8, 4) is 5.75 Å². The zero-order chi connectivity index (χ0) is 15.1. The highest BCUT2D eigenvalue weighted by Gasteiger charge is 2.04. The summed E-state index contributed by atoms with van der Waals surface area (Å²) < 4.78 is 6.81. The monoisotopic (exact) mass is 365 g/mol. The van der Waals surface area contributed by atoms with Crippen molar-refractivity contribution in [1.29, 1.82) is 0 Å². The molecule has 2 aromatic carbocycles. The third-order valence-corrected chi connectivity index (χ3v) is 4.50. The Morgan fingerprint density at radius 3 is 2.62 bits per heavy atom. The van der Waals surface area contributed by atoms with Crippen LogP contribution >= 0.6 is 27.7 Å². The summed E-state index contributed by atoms with van der Waals surface area (Å²) in [6.07, 6.45) is 0.878. The molecule has 2 nitrogen and oxygen atoms in total. The average molecular weight is 366 g/mol. The quantitative estimate of drug-likeness (QED) is 0.579. The molecule has 0 saturated carbocycles. The van der Waals surface area contributed by atoms with Crippen molar-refractivity contribution in [2.24, 2.45) is 5.73 Å². The maximum absolute atomic E-state index is 5.82. The minimum Gasteiger partial charge on any atom is -0.492 e. The third kappa shape index (κ3) is 5.73. The van der Waals surface area contributed by atoms with Crippen LogP contribution in [-0.4, -0.2) is 18.4 Å². The fourth-order valence-corrected chi connectivity index (χ4v) is 3.28. The summed E-state index contributed by atoms with van der Waals surface area (Å²) in [7, 11) is 0. The number of benzene rings is 2. The molecule has 4 heteroatoms. The van der Waals surface area contributed by atoms with Crippen LogP contribution in [0.25, 0.3) is 0 Å². The Morgan fingerprint density at radius 1 is 1.19 bits per heavy atom. The highest BCUT2D eigenvalue weighted by molar-refractivity contribution is 9.10. The van der Waals surface area contributed by atoms with Gasteiger partial charge < -0.3 is 10.5 Å². The van der Waals surface area contributed by atoms with E-state index in [0.717, 1.165) is 22.4 Å². The highest BCUT2D eigenvalue weighted by atomic mass is 79.9. The van der Waals surface area contributed by atoms with E-state index in [1.54, 1.807) is 11.8 Å². The van der Waals surface area contributed by atoms with Crippen LogP contribution in [0.1, 0.15) is 12.5 Å². The van der Waals surface area contributed by atoms with Crippen LogP contribution in [0.2, 0.25) is 0 Å². The van der Waals surface area contributed by atoms with E-state index in [-0.39, 0.29) is 6.04 Å². The van der Waals surface area contributed by atoms with E-state index in [4.69, 9.17) is 10.5 Å². The molecule has 0 aliphatic heterocycles. The maximum atomic E-state index is 5.82. The van der Waals surface area contributed by atoms with Gasteiger partial charge in [0.15, 0.2) is 0 Å². The standard InChI is InChI=1S/C17H20BrNOS/c1-13(19)11-14-7-8-17(16(18)12-14)20-9-10-21-15-5-3-2-4-6-15/h2-8,12-13H,9-11,19H2,1H3. The number of hydrogen-bond acceptors (Lipinski definition) is 3. The van der Waals surface area contributed by atoms with Crippen molar-refractivity contribution in [3.63, 3.8) is 0 Å². The van der Waals surface area contributed by atoms with Crippen molar-refractivity contribution in [1.82, 2.24) is 0 Å². The highest BCUT2D eigenvalue weighted by Crippen LogP contribution is 2.27. The van der Waals surface area contributed by atoms with Crippen LogP contribution in [-0.2, 0) is 6.42 Å². The Morgan fingerprint density at radius 2 is 1.95 bits per heavy atom. The van der Waals surface area contributed by atoms with Gasteiger partial charge in [-0.15, -0.1) is 11.8 Å². The number of halogens is 1. The molecule has 0 saturated heterocycles. The Kier molecular flexibility index (Phi) is 6.61. The smallest absolute Gasteiger partial charge is 0.133 e. The molecular formula is C17H20BrNOS. The third-order valence-electron chi connectivity index (χ3n) is 2.91. The minimum absolute atomic E-state index is 0.172. The second-order valence-corrected chi connectivity index (χ2v) is 6.98. The lowest BCUT2D eigenvalue weighted by atomic mass is 10.1. The lowest BCUT2D eigenvalue weighted by molar-refractivity contribution is 0.341. The van der Waals surface area contributed by atoms with Crippen LogP contribution in [0, 0.1) is 0 Å². The molecule has 0 radical (unpaired) electrons. The first-order valence-corrected chi connectivity index (χ1v) is 8.77. The molecule has 112 valence electrons. The molecule has 1 atom stereocenters. The largest absolute Gasteiger partial charge is 0.492 e. The molecular weight excluding hydrogens is 346 g/mol. The molecule has 0 aliphatic rings. The van der Waals surface area contributed by atoms with Crippen molar-refractivity contribution in [3.05, 3.63) is 58.6 Å². The number of hydrogen-bond donors (Lipinski definition) is 1. The predicted molar refractivity (Wildman–Crippen MR) is 94.2 cm³/mol. The topological polar surface area (TPSA) is 35.2 Å². The predicted octanol–water partition coefficient (Wildman–Crippen LogP) is 4.51. The summed E-state index contributed by atoms with van der Waals surface area (Å²) in [6, 6.07) is 16.7. The Bertz CT molecular complexity index is 560. The fraction of sp³-hybridized carbons (Fsp3) is 0.294. The van der Waals surface area contributed by atoms with E-state index < -0.39 is 0 Å². The van der Waals surface area contributed by atoms with Crippen LogP contribution in [0.3, 0.4) is 0 Å². The summed E-state index contributed by atoms with van der Waals surface area (Å²) >= 11 is 5.36. The zero-order valence-corrected chi connectivity index (χ0v) is 14.5. The molecule has 0 bridgehead atoms. The van der Waals surface area contributed by atoms with Gasteiger partial charge in [0.25, 0.3) is 0 Å². The van der Waals surface area contributed by atoms with E-state index in [9.17, 15) is 0 Å². The Hall–Kier alpha value is -0.970. The SMILES string of the molecule is CC(N)Cc1ccc(OCCSc2ccccc2)c(Br)c1. The Balaban J connectivity index is 1.80. The van der Waals surface area contributed by atoms with Crippen molar-refractivity contribution in [2.75, 3.05) is 12.4 Å². The summed E-state index contributed by atoms with van der Waals surface area (Å²) in [4.78, 5) is 1.27. The number of rotatable bonds is 7. The average Bonchev–Trinajstić information content (AvgIpc) is 2.46. The van der Waals surface area contributed by atoms with Gasteiger partial charge in [0.05, 0.1) is 11.1 Å². The molecule has 2 N–H and O–H groups in total. The van der Waals surface area contributed by atoms with Gasteiger partial charge in [-0.3, -0.25) is 0 Å². The van der Waals surface area contributed by atoms with E-state index >= 15 is 0 Å². The molecule has 0 amide bonds. The zero-order valence-electron chi connectivity index (χ0n) is 12.1. The van der Waals surface area contributed by atoms with Crippen LogP contribution in [0.15, 0.2) is 57.9 Å². The van der Waals surface area contributed by atoms with Gasteiger partial charge in [-0.25, -0.2) is 0 Å². The molecule has 1 unspecified atom stereocenters. The van der Waals surface area contributed by atoms with E-state index in [1.165, 1.54) is 10.5 Å². The first kappa shape index (κ1) is 16.4. The van der Waals surface area contributed by atoms with Gasteiger partial charge >= 0.3 is 0 Å². The number of thioether (sulfide) groups is 1. The lowest BCUT2D eigenvalue weighted by Crippen LogP contribution is -2.17. The number of nitrogens with two attached hydrogens (primary N) is 1. The molecule has 2 rings (SSSR count). The van der Waals surface area contributed by atoms with E-state index in [2.05, 4.69) is 52.3 Å². The van der Waals surface area contributed by atoms with Crippen molar-refractivity contribution < 1.29 is 4.74 Å². The van der Waals surface area contributed by atoms with Gasteiger partial charge in [0, 0.05) is 16.7 Å². The summed E-state index contributed by atoms with van der Waals surface area (Å²) in [5.41, 5.74) is 7.04. The van der Waals surface area contributed by atoms with Gasteiger partial charge in [-0.2, -0.15) is 0 Å². The second kappa shape index (κ2) is 8.47. The molecule has 21 heavy (non-hydrogen) atoms. The van der Waals surface area contributed by atoms with Crippen LogP contribution in [0.5, 0.6) is 5.75 Å². The second-order valence-electron chi connectivity index (χ2n) is 4.96. The van der Waals surface area contributed by atoms with Crippen LogP contribution in [0.4, 0.5) is 0 Å². The molecule has 0 aliphatic carbocycles. The molecule has 0 aromatic heterocycles. The number of ether oxygens (including phenoxy) is 1. The van der Waals surface area contributed by atoms with E-state index in [1.807, 2.05) is 19.1 Å². The van der Waals surface area contributed by atoms with Gasteiger partial charge in [-0.1, -0.05) is 24.3 Å². The molecule has 0 spiro atoms. The van der Waals surface area contributed by atoms with Gasteiger partial charge in [-0.05, 0) is 59.1 Å². The first-order chi connectivity index (χ1) is 10.1. The van der Waals surface area contributed by atoms with Gasteiger partial charge in [0.2, 0.25) is 0 Å². The van der Waals surface area contributed by atoms with Crippen molar-refractivity contribution in [2.45, 2.75) is 24.3 Å². The Labute approximate surface area is 139 Å². The first-order valence-electron chi connectivity index (χ1n) is 7.00. The molecule has 0 fully saturated rings. The van der Waals surface area contributed by atoms with Crippen LogP contribution < -0.4 is 10.5 Å². The molecule has 0 heterocycles. The lowest BCUT2D eigenvalue weighted by Gasteiger charge is -2.11.